The van der Waals surface area contributed by atoms with E-state index in [2.05, 4.69) is 10.3 Å². The fourth-order valence-corrected chi connectivity index (χ4v) is 2.23. The standard InChI is InChI=1S/C12H14ClF3N2/c1-7(8-3-2-4-8)17-11-6-9(12(14,15)16)5-10(13)18-11/h5-8H,2-4H2,1H3,(H,17,18). The second-order valence-corrected chi connectivity index (χ2v) is 5.07. The number of halogens is 4. The second kappa shape index (κ2) is 4.96. The lowest BCUT2D eigenvalue weighted by Crippen LogP contribution is -2.31. The summed E-state index contributed by atoms with van der Waals surface area (Å²) in [5, 5.41) is 2.86. The van der Waals surface area contributed by atoms with Gasteiger partial charge in [-0.15, -0.1) is 0 Å². The lowest BCUT2D eigenvalue weighted by Gasteiger charge is -2.32. The quantitative estimate of drug-likeness (QED) is 0.831. The molecule has 1 aromatic heterocycles. The van der Waals surface area contributed by atoms with Crippen molar-refractivity contribution in [2.45, 2.75) is 38.4 Å². The number of nitrogens with zero attached hydrogens (tertiary/aromatic N) is 1. The van der Waals surface area contributed by atoms with E-state index in [4.69, 9.17) is 11.6 Å². The van der Waals surface area contributed by atoms with E-state index in [1.807, 2.05) is 6.92 Å². The summed E-state index contributed by atoms with van der Waals surface area (Å²) in [6, 6.07) is 1.95. The molecule has 1 atom stereocenters. The third-order valence-electron chi connectivity index (χ3n) is 3.35. The molecule has 0 radical (unpaired) electrons. The van der Waals surface area contributed by atoms with Crippen molar-refractivity contribution in [2.75, 3.05) is 5.32 Å². The van der Waals surface area contributed by atoms with E-state index in [9.17, 15) is 13.2 Å². The molecule has 1 fully saturated rings. The van der Waals surface area contributed by atoms with Crippen LogP contribution in [0.4, 0.5) is 19.0 Å². The number of hydrogen-bond acceptors (Lipinski definition) is 2. The van der Waals surface area contributed by atoms with Crippen molar-refractivity contribution < 1.29 is 13.2 Å². The molecule has 0 amide bonds. The lowest BCUT2D eigenvalue weighted by molar-refractivity contribution is -0.137. The Kier molecular flexibility index (Phi) is 3.71. The Morgan fingerprint density at radius 2 is 2.06 bits per heavy atom. The van der Waals surface area contributed by atoms with Crippen LogP contribution in [0.1, 0.15) is 31.7 Å². The number of anilines is 1. The first kappa shape index (κ1) is 13.5. The first-order valence-corrected chi connectivity index (χ1v) is 6.25. The molecule has 100 valence electrons. The Hall–Kier alpha value is -0.970. The molecule has 1 unspecified atom stereocenters. The summed E-state index contributed by atoms with van der Waals surface area (Å²) in [6.45, 7) is 1.96. The number of nitrogens with one attached hydrogen (secondary N) is 1. The molecule has 6 heteroatoms. The van der Waals surface area contributed by atoms with Gasteiger partial charge in [0.15, 0.2) is 0 Å². The molecule has 2 nitrogen and oxygen atoms in total. The van der Waals surface area contributed by atoms with Crippen LogP contribution in [0.5, 0.6) is 0 Å². The van der Waals surface area contributed by atoms with Crippen LogP contribution >= 0.6 is 11.6 Å². The molecular formula is C12H14ClF3N2. The van der Waals surface area contributed by atoms with Gasteiger partial charge in [-0.25, -0.2) is 4.98 Å². The van der Waals surface area contributed by atoms with Crippen molar-refractivity contribution in [1.82, 2.24) is 4.98 Å². The van der Waals surface area contributed by atoms with E-state index in [1.54, 1.807) is 0 Å². The van der Waals surface area contributed by atoms with Crippen molar-refractivity contribution in [3.63, 3.8) is 0 Å². The Morgan fingerprint density at radius 1 is 1.39 bits per heavy atom. The minimum atomic E-state index is -4.40. The molecule has 0 bridgehead atoms. The van der Waals surface area contributed by atoms with Gasteiger partial charge in [0.1, 0.15) is 11.0 Å². The van der Waals surface area contributed by atoms with Gasteiger partial charge < -0.3 is 5.32 Å². The fourth-order valence-electron chi connectivity index (χ4n) is 2.03. The van der Waals surface area contributed by atoms with Crippen molar-refractivity contribution in [1.29, 1.82) is 0 Å². The molecule has 0 saturated heterocycles. The first-order chi connectivity index (χ1) is 8.36. The highest BCUT2D eigenvalue weighted by Crippen LogP contribution is 2.34. The van der Waals surface area contributed by atoms with Crippen LogP contribution in [-0.4, -0.2) is 11.0 Å². The first-order valence-electron chi connectivity index (χ1n) is 5.87. The summed E-state index contributed by atoms with van der Waals surface area (Å²) < 4.78 is 37.8. The van der Waals surface area contributed by atoms with Crippen LogP contribution in [-0.2, 0) is 6.18 Å². The molecule has 2 rings (SSSR count). The van der Waals surface area contributed by atoms with Crippen LogP contribution in [0.25, 0.3) is 0 Å². The average molecular weight is 279 g/mol. The van der Waals surface area contributed by atoms with E-state index in [1.165, 1.54) is 6.42 Å². The van der Waals surface area contributed by atoms with Gasteiger partial charge in [0, 0.05) is 6.04 Å². The normalized spacial score (nSPS) is 18.3. The molecule has 1 heterocycles. The molecule has 1 aliphatic carbocycles. The highest BCUT2D eigenvalue weighted by Gasteiger charge is 2.32. The van der Waals surface area contributed by atoms with Crippen LogP contribution in [0, 0.1) is 5.92 Å². The van der Waals surface area contributed by atoms with Gasteiger partial charge in [-0.1, -0.05) is 18.0 Å². The van der Waals surface area contributed by atoms with E-state index in [0.717, 1.165) is 25.0 Å². The van der Waals surface area contributed by atoms with Gasteiger partial charge in [-0.05, 0) is 37.8 Å². The van der Waals surface area contributed by atoms with E-state index in [0.29, 0.717) is 5.92 Å². The Bertz CT molecular complexity index is 430. The van der Waals surface area contributed by atoms with Gasteiger partial charge in [0.05, 0.1) is 5.56 Å². The summed E-state index contributed by atoms with van der Waals surface area (Å²) in [7, 11) is 0. The number of hydrogen-bond donors (Lipinski definition) is 1. The van der Waals surface area contributed by atoms with Crippen LogP contribution in [0.15, 0.2) is 12.1 Å². The van der Waals surface area contributed by atoms with E-state index < -0.39 is 11.7 Å². The molecule has 0 aliphatic heterocycles. The van der Waals surface area contributed by atoms with Gasteiger partial charge in [-0.2, -0.15) is 13.2 Å². The van der Waals surface area contributed by atoms with Gasteiger partial charge in [0.2, 0.25) is 0 Å². The third-order valence-corrected chi connectivity index (χ3v) is 3.55. The number of aromatic nitrogens is 1. The molecule has 0 spiro atoms. The zero-order chi connectivity index (χ0) is 13.3. The van der Waals surface area contributed by atoms with Crippen molar-refractivity contribution in [3.05, 3.63) is 22.8 Å². The summed E-state index contributed by atoms with van der Waals surface area (Å²) in [4.78, 5) is 3.88. The van der Waals surface area contributed by atoms with E-state index >= 15 is 0 Å². The summed E-state index contributed by atoms with van der Waals surface area (Å²) in [5.41, 5.74) is -0.772. The molecular weight excluding hydrogens is 265 g/mol. The maximum absolute atomic E-state index is 12.6. The topological polar surface area (TPSA) is 24.9 Å². The number of rotatable bonds is 3. The highest BCUT2D eigenvalue weighted by molar-refractivity contribution is 6.29. The zero-order valence-electron chi connectivity index (χ0n) is 9.89. The smallest absolute Gasteiger partial charge is 0.367 e. The second-order valence-electron chi connectivity index (χ2n) is 4.69. The largest absolute Gasteiger partial charge is 0.416 e. The van der Waals surface area contributed by atoms with Gasteiger partial charge in [-0.3, -0.25) is 0 Å². The lowest BCUT2D eigenvalue weighted by atomic mass is 9.80. The number of alkyl halides is 3. The molecule has 0 aromatic carbocycles. The minimum Gasteiger partial charge on any atom is -0.367 e. The fraction of sp³-hybridized carbons (Fsp3) is 0.583. The van der Waals surface area contributed by atoms with Gasteiger partial charge in [0.25, 0.3) is 0 Å². The summed E-state index contributed by atoms with van der Waals surface area (Å²) >= 11 is 5.62. The molecule has 1 aliphatic rings. The monoisotopic (exact) mass is 278 g/mol. The molecule has 18 heavy (non-hydrogen) atoms. The Morgan fingerprint density at radius 3 is 2.56 bits per heavy atom. The zero-order valence-corrected chi connectivity index (χ0v) is 10.6. The summed E-state index contributed by atoms with van der Waals surface area (Å²) in [6.07, 6.45) is -0.988. The van der Waals surface area contributed by atoms with Crippen LogP contribution in [0.2, 0.25) is 5.15 Å². The maximum atomic E-state index is 12.6. The predicted molar refractivity (Wildman–Crippen MR) is 64.7 cm³/mol. The van der Waals surface area contributed by atoms with E-state index in [-0.39, 0.29) is 17.0 Å². The van der Waals surface area contributed by atoms with Crippen molar-refractivity contribution in [3.8, 4) is 0 Å². The van der Waals surface area contributed by atoms with Crippen molar-refractivity contribution in [2.24, 2.45) is 5.92 Å². The molecule has 1 saturated carbocycles. The third kappa shape index (κ3) is 3.07. The highest BCUT2D eigenvalue weighted by atomic mass is 35.5. The van der Waals surface area contributed by atoms with Crippen LogP contribution in [0.3, 0.4) is 0 Å². The summed E-state index contributed by atoms with van der Waals surface area (Å²) in [5.74, 6) is 0.703. The molecule has 1 N–H and O–H groups in total. The Labute approximate surface area is 109 Å². The SMILES string of the molecule is CC(Nc1cc(C(F)(F)F)cc(Cl)n1)C1CCC1. The molecule has 1 aromatic rings. The predicted octanol–water partition coefficient (Wildman–Crippen LogP) is 4.35. The average Bonchev–Trinajstić information content (AvgIpc) is 2.11. The van der Waals surface area contributed by atoms with Crippen molar-refractivity contribution >= 4 is 17.4 Å². The maximum Gasteiger partial charge on any atom is 0.416 e. The van der Waals surface area contributed by atoms with Crippen LogP contribution < -0.4 is 5.32 Å². The van der Waals surface area contributed by atoms with Gasteiger partial charge >= 0.3 is 6.18 Å². The minimum absolute atomic E-state index is 0.116. The number of pyridine rings is 1. The Balaban J connectivity index is 2.14.